The van der Waals surface area contributed by atoms with E-state index in [2.05, 4.69) is 4.99 Å². The number of nitrogen functional groups attached to an aromatic ring is 1. The van der Waals surface area contributed by atoms with Crippen LogP contribution in [-0.4, -0.2) is 60.9 Å². The van der Waals surface area contributed by atoms with Crippen molar-refractivity contribution in [3.63, 3.8) is 0 Å². The van der Waals surface area contributed by atoms with Crippen molar-refractivity contribution in [3.05, 3.63) is 87.0 Å². The molecule has 3 aromatic rings. The van der Waals surface area contributed by atoms with E-state index in [0.717, 1.165) is 31.4 Å². The van der Waals surface area contributed by atoms with Gasteiger partial charge in [-0.15, -0.1) is 0 Å². The number of hydrogen-bond acceptors (Lipinski definition) is 9. The number of amides is 2. The number of para-hydroxylation sites is 2. The minimum atomic E-state index is -5.40. The van der Waals surface area contributed by atoms with Crippen LogP contribution >= 0.6 is 0 Å². The summed E-state index contributed by atoms with van der Waals surface area (Å²) in [7, 11) is 2.64. The van der Waals surface area contributed by atoms with Crippen LogP contribution in [0.5, 0.6) is 5.75 Å². The molecule has 1 heterocycles. The van der Waals surface area contributed by atoms with Crippen molar-refractivity contribution in [1.82, 2.24) is 0 Å². The van der Waals surface area contributed by atoms with Gasteiger partial charge in [-0.05, 0) is 44.2 Å². The van der Waals surface area contributed by atoms with Crippen molar-refractivity contribution in [1.29, 1.82) is 0 Å². The monoisotopic (exact) mass is 613 g/mol. The third-order valence-electron chi connectivity index (χ3n) is 6.62. The second-order valence-corrected chi connectivity index (χ2v) is 10.2. The summed E-state index contributed by atoms with van der Waals surface area (Å²) in [5, 5.41) is 13.0. The predicted molar refractivity (Wildman–Crippen MR) is 154 cm³/mol. The molecular weight excluding hydrogens is 587 g/mol. The van der Waals surface area contributed by atoms with Crippen LogP contribution in [0.2, 0.25) is 0 Å². The van der Waals surface area contributed by atoms with Gasteiger partial charge in [0.05, 0.1) is 51.2 Å². The van der Waals surface area contributed by atoms with Crippen LogP contribution in [0.15, 0.2) is 59.6 Å². The molecule has 15 heteroatoms. The summed E-state index contributed by atoms with van der Waals surface area (Å²) in [6.45, 7) is 4.14. The number of nitro groups is 1. The summed E-state index contributed by atoms with van der Waals surface area (Å²) < 4.78 is 50.1. The molecule has 0 radical (unpaired) electrons. The molecule has 1 aliphatic rings. The Morgan fingerprint density at radius 1 is 1.07 bits per heavy atom. The summed E-state index contributed by atoms with van der Waals surface area (Å²) in [6, 6.07) is 12.1. The van der Waals surface area contributed by atoms with E-state index in [1.807, 2.05) is 13.8 Å². The van der Waals surface area contributed by atoms with E-state index in [-0.39, 0.29) is 22.6 Å². The zero-order valence-electron chi connectivity index (χ0n) is 23.8. The number of carbonyl (C=O) groups excluding carboxylic acids is 3. The molecule has 44 heavy (non-hydrogen) atoms. The number of nitrogens with one attached hydrogen (secondary N) is 1. The lowest BCUT2D eigenvalue weighted by atomic mass is 9.97. The van der Waals surface area contributed by atoms with Crippen molar-refractivity contribution in [3.8, 4) is 5.75 Å². The summed E-state index contributed by atoms with van der Waals surface area (Å²) >= 11 is 0. The quantitative estimate of drug-likeness (QED) is 0.159. The number of nitro benzene ring substituents is 1. The summed E-state index contributed by atoms with van der Waals surface area (Å²) in [4.78, 5) is 55.3. The second-order valence-electron chi connectivity index (χ2n) is 10.2. The van der Waals surface area contributed by atoms with Crippen LogP contribution < -0.4 is 20.7 Å². The Balaban J connectivity index is 1.75. The lowest BCUT2D eigenvalue weighted by Gasteiger charge is -2.22. The Kier molecular flexibility index (Phi) is 8.34. The highest BCUT2D eigenvalue weighted by Gasteiger charge is 2.41. The van der Waals surface area contributed by atoms with Gasteiger partial charge in [-0.25, -0.2) is 4.99 Å². The van der Waals surface area contributed by atoms with Crippen LogP contribution in [0.25, 0.3) is 0 Å². The smallest absolute Gasteiger partial charge is 0.471 e. The van der Waals surface area contributed by atoms with Crippen molar-refractivity contribution < 1.29 is 42.0 Å². The van der Waals surface area contributed by atoms with Gasteiger partial charge >= 0.3 is 12.1 Å². The fourth-order valence-electron chi connectivity index (χ4n) is 4.49. The van der Waals surface area contributed by atoms with E-state index >= 15 is 0 Å². The average Bonchev–Trinajstić information content (AvgIpc) is 3.34. The molecule has 0 fully saturated rings. The van der Waals surface area contributed by atoms with E-state index in [1.54, 1.807) is 24.3 Å². The van der Waals surface area contributed by atoms with Gasteiger partial charge in [0.2, 0.25) is 5.90 Å². The number of ketones is 1. The van der Waals surface area contributed by atoms with E-state index in [4.69, 9.17) is 15.2 Å². The first-order chi connectivity index (χ1) is 20.6. The van der Waals surface area contributed by atoms with Gasteiger partial charge in [0.1, 0.15) is 12.3 Å². The number of nitrogens with zero attached hydrogens (tertiary/aromatic N) is 3. The molecular formula is C29H26F3N5O7. The Morgan fingerprint density at radius 3 is 2.32 bits per heavy atom. The van der Waals surface area contributed by atoms with Gasteiger partial charge in [0, 0.05) is 13.1 Å². The fourth-order valence-corrected chi connectivity index (χ4v) is 4.49. The molecule has 2 amide bonds. The third kappa shape index (κ3) is 6.02. The molecule has 12 nitrogen and oxygen atoms in total. The molecule has 3 N–H and O–H groups in total. The first-order valence-electron chi connectivity index (χ1n) is 12.8. The minimum Gasteiger partial charge on any atom is -0.494 e. The molecule has 0 aromatic heterocycles. The third-order valence-corrected chi connectivity index (χ3v) is 6.62. The van der Waals surface area contributed by atoms with Gasteiger partial charge in [0.25, 0.3) is 11.6 Å². The predicted octanol–water partition coefficient (Wildman–Crippen LogP) is 4.75. The van der Waals surface area contributed by atoms with Gasteiger partial charge in [0.15, 0.2) is 11.5 Å². The Labute approximate surface area is 248 Å². The topological polar surface area (TPSA) is 166 Å². The lowest BCUT2D eigenvalue weighted by Crippen LogP contribution is -2.31. The number of nitrogens with two attached hydrogens (primary N) is 1. The van der Waals surface area contributed by atoms with Crippen molar-refractivity contribution in [2.24, 2.45) is 4.99 Å². The first-order valence-corrected chi connectivity index (χ1v) is 12.8. The van der Waals surface area contributed by atoms with E-state index in [1.165, 1.54) is 23.3 Å². The summed E-state index contributed by atoms with van der Waals surface area (Å²) in [5.41, 5.74) is 3.54. The molecule has 0 saturated heterocycles. The molecule has 1 aliphatic heterocycles. The number of alkyl halides is 3. The number of ether oxygens (including phenoxy) is 2. The van der Waals surface area contributed by atoms with Gasteiger partial charge in [-0.1, -0.05) is 18.2 Å². The molecule has 0 atom stereocenters. The zero-order valence-corrected chi connectivity index (χ0v) is 23.8. The maximum absolute atomic E-state index is 13.7. The lowest BCUT2D eigenvalue weighted by molar-refractivity contribution is -0.384. The largest absolute Gasteiger partial charge is 0.494 e. The number of rotatable bonds is 8. The number of carbonyl (C=O) groups is 3. The molecule has 4 rings (SSSR count). The molecule has 0 unspecified atom stereocenters. The van der Waals surface area contributed by atoms with Gasteiger partial charge in [-0.2, -0.15) is 13.2 Å². The number of benzene rings is 3. The second kappa shape index (κ2) is 11.7. The fraction of sp³-hybridized carbons (Fsp3) is 0.241. The molecule has 230 valence electrons. The van der Waals surface area contributed by atoms with Crippen LogP contribution in [0.4, 0.5) is 35.9 Å². The van der Waals surface area contributed by atoms with E-state index in [9.17, 15) is 37.7 Å². The van der Waals surface area contributed by atoms with Gasteiger partial charge in [-0.3, -0.25) is 24.5 Å². The van der Waals surface area contributed by atoms with E-state index < -0.39 is 51.2 Å². The average molecular weight is 614 g/mol. The van der Waals surface area contributed by atoms with Crippen LogP contribution in [-0.2, 0) is 9.53 Å². The first kappa shape index (κ1) is 31.5. The Hall–Kier alpha value is -5.47. The number of methoxy groups -OCH3 is 1. The molecule has 0 aliphatic carbocycles. The van der Waals surface area contributed by atoms with Crippen molar-refractivity contribution in [2.45, 2.75) is 25.6 Å². The maximum Gasteiger partial charge on any atom is 0.471 e. The van der Waals surface area contributed by atoms with Crippen LogP contribution in [0.3, 0.4) is 0 Å². The normalized spacial score (nSPS) is 13.8. The zero-order chi connectivity index (χ0) is 32.6. The SMILES string of the molecule is COc1c(C(=O)c2cccc([N+](=O)[O-])c2NC(=O)C(F)(F)F)ccc(C(=O)N(C)c2ccccc2C2=NC(C)(C)CO2)c1N. The highest BCUT2D eigenvalue weighted by molar-refractivity contribution is 6.19. The highest BCUT2D eigenvalue weighted by atomic mass is 19.4. The molecule has 0 saturated carbocycles. The molecule has 0 bridgehead atoms. The standard InChI is InChI=1S/C29H26F3N5O7/c1-28(2)14-44-25(35-28)15-8-5-6-10-19(15)36(3)26(39)16-12-13-18(24(43-4)21(16)33)23(38)17-9-7-11-20(37(41)42)22(17)34-27(40)29(30,31)32/h5-13H,14,33H2,1-4H3,(H,34,40). The van der Waals surface area contributed by atoms with Crippen molar-refractivity contribution >= 4 is 46.2 Å². The number of anilines is 3. The van der Waals surface area contributed by atoms with Crippen LogP contribution in [0.1, 0.15) is 45.7 Å². The maximum atomic E-state index is 13.7. The number of hydrogen-bond donors (Lipinski definition) is 2. The molecule has 3 aromatic carbocycles. The van der Waals surface area contributed by atoms with Crippen LogP contribution in [0, 0.1) is 10.1 Å². The summed E-state index contributed by atoms with van der Waals surface area (Å²) in [5.74, 6) is -4.16. The summed E-state index contributed by atoms with van der Waals surface area (Å²) in [6.07, 6.45) is -5.40. The number of aliphatic imine (C=N–C) groups is 1. The van der Waals surface area contributed by atoms with Crippen molar-refractivity contribution in [2.75, 3.05) is 36.7 Å². The molecule has 0 spiro atoms. The number of halogens is 3. The Bertz CT molecular complexity index is 1720. The minimum absolute atomic E-state index is 0.0880. The highest BCUT2D eigenvalue weighted by Crippen LogP contribution is 2.37. The Morgan fingerprint density at radius 2 is 1.73 bits per heavy atom. The van der Waals surface area contributed by atoms with Gasteiger partial charge < -0.3 is 25.4 Å². The van der Waals surface area contributed by atoms with E-state index in [0.29, 0.717) is 23.8 Å².